The van der Waals surface area contributed by atoms with E-state index in [1.807, 2.05) is 0 Å². The lowest BCUT2D eigenvalue weighted by Gasteiger charge is -2.44. The van der Waals surface area contributed by atoms with Gasteiger partial charge in [-0.25, -0.2) is 0 Å². The second-order valence-corrected chi connectivity index (χ2v) is 22.9. The minimum atomic E-state index is -0.800. The van der Waals surface area contributed by atoms with Crippen LogP contribution in [0.4, 0.5) is 0 Å². The van der Waals surface area contributed by atoms with Gasteiger partial charge in [0, 0.05) is 7.59 Å². The highest BCUT2D eigenvalue weighted by Gasteiger charge is 2.67. The minimum absolute atomic E-state index is 0.757. The van der Waals surface area contributed by atoms with E-state index in [0.717, 1.165) is 0 Å². The van der Waals surface area contributed by atoms with Crippen molar-refractivity contribution in [2.75, 3.05) is 0 Å². The van der Waals surface area contributed by atoms with Gasteiger partial charge in [0.1, 0.15) is 0 Å². The summed E-state index contributed by atoms with van der Waals surface area (Å²) in [5.74, 6) is 0. The van der Waals surface area contributed by atoms with Crippen LogP contribution < -0.4 is 0 Å². The van der Waals surface area contributed by atoms with E-state index in [-0.39, 0.29) is 0 Å². The summed E-state index contributed by atoms with van der Waals surface area (Å²) < 4.78 is 0. The summed E-state index contributed by atoms with van der Waals surface area (Å²) in [5.41, 5.74) is 3.94. The quantitative estimate of drug-likeness (QED) is 0.623. The van der Waals surface area contributed by atoms with Crippen LogP contribution in [0.1, 0.15) is 38.5 Å². The third kappa shape index (κ3) is 1.22. The second kappa shape index (κ2) is 2.76. The minimum Gasteiger partial charge on any atom is -0.0714 e. The summed E-state index contributed by atoms with van der Waals surface area (Å²) >= 11 is 0. The average molecular weight is 224 g/mol. The van der Waals surface area contributed by atoms with Crippen LogP contribution >= 0.6 is 0 Å². The predicted octanol–water partition coefficient (Wildman–Crippen LogP) is 4.34. The molecule has 0 nitrogen and oxygen atoms in total. The van der Waals surface area contributed by atoms with E-state index >= 15 is 0 Å². The van der Waals surface area contributed by atoms with Gasteiger partial charge >= 0.3 is 0 Å². The van der Waals surface area contributed by atoms with Crippen LogP contribution in [0.2, 0.25) is 36.3 Å². The van der Waals surface area contributed by atoms with E-state index in [1.165, 1.54) is 16.6 Å². The first-order valence-electron chi connectivity index (χ1n) is 6.57. The van der Waals surface area contributed by atoms with Crippen LogP contribution in [0.3, 0.4) is 0 Å². The first kappa shape index (κ1) is 9.64. The Balaban J connectivity index is 1.96. The zero-order valence-corrected chi connectivity index (χ0v) is 12.0. The van der Waals surface area contributed by atoms with Gasteiger partial charge in [0.2, 0.25) is 0 Å². The van der Waals surface area contributed by atoms with E-state index in [2.05, 4.69) is 19.6 Å². The molecule has 0 N–H and O–H groups in total. The summed E-state index contributed by atoms with van der Waals surface area (Å²) in [6.07, 6.45) is 9.85. The van der Waals surface area contributed by atoms with Crippen molar-refractivity contribution >= 4 is 15.2 Å². The fraction of sp³-hybridized carbons (Fsp3) is 1.00. The molecule has 0 aromatic carbocycles. The fourth-order valence-corrected chi connectivity index (χ4v) is 27.2. The maximum atomic E-state index is 2.72. The molecule has 3 saturated carbocycles. The Morgan fingerprint density at radius 1 is 0.643 bits per heavy atom. The molecule has 2 heteroatoms. The molecular weight excluding hydrogens is 200 g/mol. The largest absolute Gasteiger partial charge is 0.0714 e. The highest BCUT2D eigenvalue weighted by Crippen LogP contribution is 2.70. The van der Waals surface area contributed by atoms with Gasteiger partial charge in [-0.15, -0.1) is 0 Å². The lowest BCUT2D eigenvalue weighted by atomic mass is 10.9. The van der Waals surface area contributed by atoms with Gasteiger partial charge in [-0.2, -0.15) is 0 Å². The molecule has 3 rings (SSSR count). The molecule has 0 spiro atoms. The van der Waals surface area contributed by atoms with Crippen molar-refractivity contribution in [3.8, 4) is 0 Å². The van der Waals surface area contributed by atoms with Crippen LogP contribution in [-0.2, 0) is 0 Å². The lowest BCUT2D eigenvalue weighted by Crippen LogP contribution is -2.58. The molecule has 3 fully saturated rings. The van der Waals surface area contributed by atoms with Gasteiger partial charge in [-0.1, -0.05) is 58.2 Å². The SMILES string of the molecule is C[Si](C)(C)[Si](C1CC1)(C1CC1)C1CC1. The van der Waals surface area contributed by atoms with E-state index in [1.54, 1.807) is 38.5 Å². The van der Waals surface area contributed by atoms with Gasteiger partial charge in [-0.05, 0) is 16.6 Å². The molecule has 0 aromatic heterocycles. The monoisotopic (exact) mass is 224 g/mol. The molecule has 0 atom stereocenters. The molecule has 0 bridgehead atoms. The Morgan fingerprint density at radius 2 is 0.929 bits per heavy atom. The maximum absolute atomic E-state index is 2.72. The zero-order valence-electron chi connectivity index (χ0n) is 9.97. The van der Waals surface area contributed by atoms with E-state index in [9.17, 15) is 0 Å². The average Bonchev–Trinajstić information content (AvgIpc) is 2.94. The number of hydrogen-bond donors (Lipinski definition) is 0. The Hall–Kier alpha value is 0.434. The van der Waals surface area contributed by atoms with Gasteiger partial charge < -0.3 is 0 Å². The highest BCUT2D eigenvalue weighted by atomic mass is 29.3. The molecule has 0 unspecified atom stereocenters. The molecule has 3 aliphatic carbocycles. The van der Waals surface area contributed by atoms with Crippen molar-refractivity contribution in [2.24, 2.45) is 0 Å². The standard InChI is InChI=1S/C12H24Si2/c1-13(2,3)14(10-4-5-10,11-6-7-11)12-8-9-12/h10-12H,4-9H2,1-3H3. The van der Waals surface area contributed by atoms with Crippen LogP contribution in [0.25, 0.3) is 0 Å². The van der Waals surface area contributed by atoms with Crippen molar-refractivity contribution in [2.45, 2.75) is 74.8 Å². The summed E-state index contributed by atoms with van der Waals surface area (Å²) in [7, 11) is -1.56. The first-order valence-corrected chi connectivity index (χ1v) is 13.3. The molecule has 80 valence electrons. The summed E-state index contributed by atoms with van der Waals surface area (Å²) in [5, 5.41) is 0. The topological polar surface area (TPSA) is 0 Å². The summed E-state index contributed by atoms with van der Waals surface area (Å²) in [6.45, 7) is 8.15. The number of hydrogen-bond acceptors (Lipinski definition) is 0. The molecule has 0 amide bonds. The van der Waals surface area contributed by atoms with E-state index < -0.39 is 15.2 Å². The molecule has 0 saturated heterocycles. The van der Waals surface area contributed by atoms with E-state index in [4.69, 9.17) is 0 Å². The van der Waals surface area contributed by atoms with Gasteiger partial charge in [-0.3, -0.25) is 0 Å². The van der Waals surface area contributed by atoms with Gasteiger partial charge in [0.25, 0.3) is 0 Å². The fourth-order valence-electron chi connectivity index (χ4n) is 4.52. The van der Waals surface area contributed by atoms with Crippen LogP contribution in [0.15, 0.2) is 0 Å². The Labute approximate surface area is 90.3 Å². The first-order chi connectivity index (χ1) is 6.57. The second-order valence-electron chi connectivity index (χ2n) is 7.01. The molecule has 3 aliphatic rings. The Morgan fingerprint density at radius 3 is 1.07 bits per heavy atom. The molecule has 0 aliphatic heterocycles. The van der Waals surface area contributed by atoms with Crippen molar-refractivity contribution < 1.29 is 0 Å². The maximum Gasteiger partial charge on any atom is 0.0562 e. The Bertz CT molecular complexity index is 210. The van der Waals surface area contributed by atoms with Crippen LogP contribution in [0.5, 0.6) is 0 Å². The van der Waals surface area contributed by atoms with Crippen molar-refractivity contribution in [3.63, 3.8) is 0 Å². The molecule has 0 heterocycles. The molecular formula is C12H24Si2. The number of rotatable bonds is 4. The zero-order chi connectivity index (χ0) is 9.97. The molecule has 14 heavy (non-hydrogen) atoms. The third-order valence-electron chi connectivity index (χ3n) is 5.06. The van der Waals surface area contributed by atoms with Crippen LogP contribution in [0, 0.1) is 0 Å². The van der Waals surface area contributed by atoms with Crippen LogP contribution in [-0.4, -0.2) is 15.2 Å². The van der Waals surface area contributed by atoms with E-state index in [0.29, 0.717) is 0 Å². The molecule has 0 radical (unpaired) electrons. The normalized spacial score (nSPS) is 29.4. The van der Waals surface area contributed by atoms with Gasteiger partial charge in [0.15, 0.2) is 0 Å². The summed E-state index contributed by atoms with van der Waals surface area (Å²) in [6, 6.07) is 0. The molecule has 0 aromatic rings. The van der Waals surface area contributed by atoms with Crippen molar-refractivity contribution in [1.82, 2.24) is 0 Å². The van der Waals surface area contributed by atoms with Crippen molar-refractivity contribution in [3.05, 3.63) is 0 Å². The smallest absolute Gasteiger partial charge is 0.0562 e. The van der Waals surface area contributed by atoms with Crippen molar-refractivity contribution in [1.29, 1.82) is 0 Å². The third-order valence-corrected chi connectivity index (χ3v) is 24.9. The highest BCUT2D eigenvalue weighted by molar-refractivity contribution is 7.43. The van der Waals surface area contributed by atoms with Gasteiger partial charge in [0.05, 0.1) is 7.59 Å². The lowest BCUT2D eigenvalue weighted by molar-refractivity contribution is 1.14. The summed E-state index contributed by atoms with van der Waals surface area (Å²) in [4.78, 5) is 0. The predicted molar refractivity (Wildman–Crippen MR) is 68.1 cm³/mol. The Kier molecular flexibility index (Phi) is 1.90.